The summed E-state index contributed by atoms with van der Waals surface area (Å²) in [6.07, 6.45) is 3.67. The summed E-state index contributed by atoms with van der Waals surface area (Å²) in [4.78, 5) is 23.8. The van der Waals surface area contributed by atoms with Crippen molar-refractivity contribution in [2.75, 3.05) is 7.11 Å². The number of Topliss-reactive ketones (excluding diaryl/α,β-unsaturated/α-hetero) is 1. The van der Waals surface area contributed by atoms with Gasteiger partial charge >= 0.3 is 5.97 Å². The zero-order valence-electron chi connectivity index (χ0n) is 12.4. The summed E-state index contributed by atoms with van der Waals surface area (Å²) in [6, 6.07) is 7.48. The van der Waals surface area contributed by atoms with Crippen molar-refractivity contribution in [3.63, 3.8) is 0 Å². The van der Waals surface area contributed by atoms with Crippen LogP contribution in [0.15, 0.2) is 24.3 Å². The van der Waals surface area contributed by atoms with Crippen molar-refractivity contribution in [3.05, 3.63) is 35.5 Å². The van der Waals surface area contributed by atoms with Crippen LogP contribution in [0.5, 0.6) is 0 Å². The number of nitrogens with zero attached hydrogens (tertiary/aromatic N) is 1. The van der Waals surface area contributed by atoms with Gasteiger partial charge in [-0.25, -0.2) is 4.79 Å². The average molecular weight is 285 g/mol. The second kappa shape index (κ2) is 5.35. The van der Waals surface area contributed by atoms with Gasteiger partial charge in [0.05, 0.1) is 18.7 Å². The maximum Gasteiger partial charge on any atom is 0.337 e. The highest BCUT2D eigenvalue weighted by molar-refractivity contribution is 5.95. The van der Waals surface area contributed by atoms with Crippen LogP contribution in [0.4, 0.5) is 0 Å². The van der Waals surface area contributed by atoms with Crippen LogP contribution >= 0.6 is 0 Å². The third kappa shape index (κ3) is 2.35. The molecule has 4 heteroatoms. The van der Waals surface area contributed by atoms with E-state index in [1.54, 1.807) is 6.07 Å². The Hall–Kier alpha value is -2.10. The summed E-state index contributed by atoms with van der Waals surface area (Å²) >= 11 is 0. The molecule has 0 N–H and O–H groups in total. The van der Waals surface area contributed by atoms with Crippen molar-refractivity contribution < 1.29 is 14.3 Å². The van der Waals surface area contributed by atoms with Crippen LogP contribution in [0, 0.1) is 6.92 Å². The van der Waals surface area contributed by atoms with Crippen molar-refractivity contribution in [2.24, 2.45) is 0 Å². The van der Waals surface area contributed by atoms with Crippen LogP contribution in [-0.2, 0) is 9.53 Å². The predicted molar refractivity (Wildman–Crippen MR) is 80.5 cm³/mol. The Morgan fingerprint density at radius 1 is 1.29 bits per heavy atom. The minimum atomic E-state index is -0.337. The summed E-state index contributed by atoms with van der Waals surface area (Å²) in [7, 11) is 1.38. The molecule has 1 aliphatic carbocycles. The first kappa shape index (κ1) is 13.9. The first-order chi connectivity index (χ1) is 10.1. The number of carbonyl (C=O) groups is 2. The number of carbonyl (C=O) groups excluding carboxylic acids is 2. The average Bonchev–Trinajstić information content (AvgIpc) is 2.82. The number of ketones is 1. The molecule has 1 fully saturated rings. The van der Waals surface area contributed by atoms with E-state index in [2.05, 4.69) is 4.57 Å². The van der Waals surface area contributed by atoms with E-state index in [1.165, 1.54) is 7.11 Å². The molecule has 21 heavy (non-hydrogen) atoms. The normalized spacial score (nSPS) is 19.0. The topological polar surface area (TPSA) is 48.3 Å². The number of hydrogen-bond donors (Lipinski definition) is 0. The lowest BCUT2D eigenvalue weighted by Crippen LogP contribution is -2.23. The molecule has 3 rings (SSSR count). The van der Waals surface area contributed by atoms with E-state index in [9.17, 15) is 9.59 Å². The molecule has 1 atom stereocenters. The number of methoxy groups -OCH3 is 1. The molecule has 0 saturated heterocycles. The minimum Gasteiger partial charge on any atom is -0.465 e. The Balaban J connectivity index is 2.09. The van der Waals surface area contributed by atoms with Crippen LogP contribution in [0.3, 0.4) is 0 Å². The Kier molecular flexibility index (Phi) is 3.53. The third-order valence-corrected chi connectivity index (χ3v) is 4.29. The zero-order valence-corrected chi connectivity index (χ0v) is 12.4. The molecule has 0 radical (unpaired) electrons. The fourth-order valence-corrected chi connectivity index (χ4v) is 3.27. The molecule has 1 aliphatic rings. The van der Waals surface area contributed by atoms with Crippen LogP contribution in [0.1, 0.15) is 47.8 Å². The van der Waals surface area contributed by atoms with E-state index in [-0.39, 0.29) is 12.0 Å². The van der Waals surface area contributed by atoms with Gasteiger partial charge in [0.1, 0.15) is 0 Å². The molecule has 0 bridgehead atoms. The summed E-state index contributed by atoms with van der Waals surface area (Å²) in [5.74, 6) is -0.0186. The van der Waals surface area contributed by atoms with Crippen molar-refractivity contribution in [2.45, 2.75) is 38.6 Å². The number of hydrogen-bond acceptors (Lipinski definition) is 3. The first-order valence-corrected chi connectivity index (χ1v) is 7.34. The Morgan fingerprint density at radius 3 is 2.81 bits per heavy atom. The maximum absolute atomic E-state index is 12.2. The van der Waals surface area contributed by atoms with Crippen molar-refractivity contribution in [1.29, 1.82) is 0 Å². The quantitative estimate of drug-likeness (QED) is 0.794. The van der Waals surface area contributed by atoms with Crippen LogP contribution < -0.4 is 0 Å². The molecule has 2 aromatic rings. The van der Waals surface area contributed by atoms with Crippen molar-refractivity contribution in [1.82, 2.24) is 4.57 Å². The predicted octanol–water partition coefficient (Wildman–Crippen LogP) is 3.42. The lowest BCUT2D eigenvalue weighted by Gasteiger charge is -2.24. The van der Waals surface area contributed by atoms with Crippen LogP contribution in [-0.4, -0.2) is 23.4 Å². The number of ether oxygens (including phenoxy) is 1. The standard InChI is InChI=1S/C17H19NO3/c1-11-9-13-10-12(17(20)21-2)7-8-14(13)18(11)15-5-3-4-6-16(15)19/h7-10,15H,3-6H2,1-2H3. The molecular weight excluding hydrogens is 266 g/mol. The maximum atomic E-state index is 12.2. The number of benzene rings is 1. The SMILES string of the molecule is COC(=O)c1ccc2c(c1)cc(C)n2C1CCCCC1=O. The van der Waals surface area contributed by atoms with Gasteiger partial charge in [-0.05, 0) is 44.0 Å². The monoisotopic (exact) mass is 285 g/mol. The van der Waals surface area contributed by atoms with Crippen LogP contribution in [0.25, 0.3) is 10.9 Å². The molecule has 110 valence electrons. The van der Waals surface area contributed by atoms with Gasteiger partial charge in [0, 0.05) is 23.0 Å². The van der Waals surface area contributed by atoms with E-state index in [0.29, 0.717) is 17.8 Å². The lowest BCUT2D eigenvalue weighted by molar-refractivity contribution is -0.123. The molecule has 0 amide bonds. The highest BCUT2D eigenvalue weighted by atomic mass is 16.5. The van der Waals surface area contributed by atoms with Gasteiger partial charge in [0.2, 0.25) is 0 Å². The van der Waals surface area contributed by atoms with Gasteiger partial charge < -0.3 is 9.30 Å². The molecule has 1 aromatic heterocycles. The number of esters is 1. The van der Waals surface area contributed by atoms with Gasteiger partial charge in [-0.3, -0.25) is 4.79 Å². The van der Waals surface area contributed by atoms with E-state index < -0.39 is 0 Å². The highest BCUT2D eigenvalue weighted by Gasteiger charge is 2.26. The molecule has 0 spiro atoms. The summed E-state index contributed by atoms with van der Waals surface area (Å²) < 4.78 is 6.88. The van der Waals surface area contributed by atoms with Gasteiger partial charge in [0.15, 0.2) is 5.78 Å². The molecule has 4 nitrogen and oxygen atoms in total. The van der Waals surface area contributed by atoms with Crippen LogP contribution in [0.2, 0.25) is 0 Å². The van der Waals surface area contributed by atoms with Crippen molar-refractivity contribution in [3.8, 4) is 0 Å². The molecule has 0 aliphatic heterocycles. The fraction of sp³-hybridized carbons (Fsp3) is 0.412. The molecule has 1 aromatic carbocycles. The smallest absolute Gasteiger partial charge is 0.337 e. The van der Waals surface area contributed by atoms with E-state index in [0.717, 1.165) is 35.9 Å². The lowest BCUT2D eigenvalue weighted by atomic mass is 9.93. The van der Waals surface area contributed by atoms with E-state index in [4.69, 9.17) is 4.74 Å². The largest absolute Gasteiger partial charge is 0.465 e. The van der Waals surface area contributed by atoms with Crippen molar-refractivity contribution >= 4 is 22.7 Å². The summed E-state index contributed by atoms with van der Waals surface area (Å²) in [5, 5.41) is 0.980. The van der Waals surface area contributed by atoms with Gasteiger partial charge in [-0.2, -0.15) is 0 Å². The molecule has 1 saturated carbocycles. The Morgan fingerprint density at radius 2 is 2.10 bits per heavy atom. The fourth-order valence-electron chi connectivity index (χ4n) is 3.27. The Bertz CT molecular complexity index is 714. The second-order valence-corrected chi connectivity index (χ2v) is 5.65. The van der Waals surface area contributed by atoms with Gasteiger partial charge in [0.25, 0.3) is 0 Å². The van der Waals surface area contributed by atoms with Gasteiger partial charge in [-0.15, -0.1) is 0 Å². The first-order valence-electron chi connectivity index (χ1n) is 7.34. The molecule has 1 unspecified atom stereocenters. The van der Waals surface area contributed by atoms with E-state index in [1.807, 2.05) is 25.1 Å². The number of aryl methyl sites for hydroxylation is 1. The number of rotatable bonds is 2. The molecular formula is C17H19NO3. The molecule has 1 heterocycles. The minimum absolute atomic E-state index is 0.0553. The zero-order chi connectivity index (χ0) is 15.0. The third-order valence-electron chi connectivity index (χ3n) is 4.29. The number of aromatic nitrogens is 1. The van der Waals surface area contributed by atoms with Gasteiger partial charge in [-0.1, -0.05) is 6.42 Å². The summed E-state index contributed by atoms with van der Waals surface area (Å²) in [6.45, 7) is 2.01. The highest BCUT2D eigenvalue weighted by Crippen LogP contribution is 2.32. The van der Waals surface area contributed by atoms with E-state index >= 15 is 0 Å². The number of fused-ring (bicyclic) bond motifs is 1. The summed E-state index contributed by atoms with van der Waals surface area (Å²) in [5.41, 5.74) is 2.62. The second-order valence-electron chi connectivity index (χ2n) is 5.65. The Labute approximate surface area is 123 Å².